The van der Waals surface area contributed by atoms with E-state index >= 15 is 0 Å². The van der Waals surface area contributed by atoms with Crippen LogP contribution in [0.4, 0.5) is 0 Å². The fourth-order valence-corrected chi connectivity index (χ4v) is 3.31. The Hall–Kier alpha value is -0.320. The van der Waals surface area contributed by atoms with E-state index in [0.717, 1.165) is 41.4 Å². The monoisotopic (exact) mass is 272 g/mol. The van der Waals surface area contributed by atoms with E-state index in [2.05, 4.69) is 16.9 Å². The molecule has 0 aliphatic carbocycles. The molecule has 0 spiro atoms. The summed E-state index contributed by atoms with van der Waals surface area (Å²) in [5, 5.41) is 0.607. The number of hydrogen-bond acceptors (Lipinski definition) is 4. The summed E-state index contributed by atoms with van der Waals surface area (Å²) in [6.07, 6.45) is 1.98. The molecular formula is C12H17ClN2OS. The lowest BCUT2D eigenvalue weighted by Crippen LogP contribution is -2.11. The SMILES string of the molecule is CCCC(OCC)c1nc(Cl)c2c(n1)CSC2. The molecule has 2 rings (SSSR count). The van der Waals surface area contributed by atoms with Crippen LogP contribution in [0.1, 0.15) is 49.9 Å². The van der Waals surface area contributed by atoms with Gasteiger partial charge in [0.05, 0.1) is 5.69 Å². The molecule has 0 radical (unpaired) electrons. The summed E-state index contributed by atoms with van der Waals surface area (Å²) >= 11 is 8.04. The first-order valence-electron chi connectivity index (χ1n) is 6.00. The smallest absolute Gasteiger partial charge is 0.159 e. The number of hydrogen-bond donors (Lipinski definition) is 0. The molecule has 2 heterocycles. The standard InChI is InChI=1S/C12H17ClN2OS/c1-3-5-10(16-4-2)12-14-9-7-17-6-8(9)11(13)15-12/h10H,3-7H2,1-2H3. The van der Waals surface area contributed by atoms with Gasteiger partial charge in [0.2, 0.25) is 0 Å². The van der Waals surface area contributed by atoms with E-state index in [0.29, 0.717) is 11.8 Å². The van der Waals surface area contributed by atoms with Crippen LogP contribution in [0.3, 0.4) is 0 Å². The number of halogens is 1. The Balaban J connectivity index is 2.27. The molecular weight excluding hydrogens is 256 g/mol. The van der Waals surface area contributed by atoms with E-state index in [9.17, 15) is 0 Å². The Morgan fingerprint density at radius 3 is 2.88 bits per heavy atom. The molecule has 1 unspecified atom stereocenters. The van der Waals surface area contributed by atoms with Gasteiger partial charge in [0, 0.05) is 23.7 Å². The number of thioether (sulfide) groups is 1. The third-order valence-electron chi connectivity index (χ3n) is 2.75. The average molecular weight is 273 g/mol. The lowest BCUT2D eigenvalue weighted by Gasteiger charge is -2.16. The number of ether oxygens (including phenoxy) is 1. The molecule has 0 bridgehead atoms. The van der Waals surface area contributed by atoms with Gasteiger partial charge in [-0.25, -0.2) is 9.97 Å². The number of nitrogens with zero attached hydrogens (tertiary/aromatic N) is 2. The molecule has 5 heteroatoms. The molecule has 1 aliphatic heterocycles. The fourth-order valence-electron chi connectivity index (χ4n) is 1.92. The maximum Gasteiger partial charge on any atom is 0.159 e. The van der Waals surface area contributed by atoms with Gasteiger partial charge in [-0.05, 0) is 13.3 Å². The van der Waals surface area contributed by atoms with E-state index < -0.39 is 0 Å². The second-order valence-electron chi connectivity index (χ2n) is 4.02. The first-order valence-corrected chi connectivity index (χ1v) is 7.54. The molecule has 94 valence electrons. The Morgan fingerprint density at radius 1 is 1.35 bits per heavy atom. The predicted molar refractivity (Wildman–Crippen MR) is 71.3 cm³/mol. The van der Waals surface area contributed by atoms with Gasteiger partial charge in [-0.1, -0.05) is 24.9 Å². The van der Waals surface area contributed by atoms with Gasteiger partial charge in [-0.3, -0.25) is 0 Å². The van der Waals surface area contributed by atoms with Crippen LogP contribution in [0.5, 0.6) is 0 Å². The highest BCUT2D eigenvalue weighted by Gasteiger charge is 2.22. The number of fused-ring (bicyclic) bond motifs is 1. The van der Waals surface area contributed by atoms with Gasteiger partial charge >= 0.3 is 0 Å². The molecule has 1 atom stereocenters. The summed E-state index contributed by atoms with van der Waals surface area (Å²) < 4.78 is 5.69. The van der Waals surface area contributed by atoms with Crippen LogP contribution in [-0.4, -0.2) is 16.6 Å². The molecule has 1 aromatic heterocycles. The topological polar surface area (TPSA) is 35.0 Å². The van der Waals surface area contributed by atoms with Crippen molar-refractivity contribution in [1.82, 2.24) is 9.97 Å². The molecule has 0 aromatic carbocycles. The van der Waals surface area contributed by atoms with Gasteiger partial charge in [0.1, 0.15) is 11.3 Å². The van der Waals surface area contributed by atoms with E-state index in [4.69, 9.17) is 16.3 Å². The van der Waals surface area contributed by atoms with Crippen molar-refractivity contribution in [2.45, 2.75) is 44.3 Å². The largest absolute Gasteiger partial charge is 0.371 e. The van der Waals surface area contributed by atoms with Crippen molar-refractivity contribution in [2.75, 3.05) is 6.61 Å². The van der Waals surface area contributed by atoms with E-state index in [1.807, 2.05) is 18.7 Å². The van der Waals surface area contributed by atoms with Crippen molar-refractivity contribution < 1.29 is 4.74 Å². The minimum Gasteiger partial charge on any atom is -0.371 e. The zero-order chi connectivity index (χ0) is 12.3. The minimum atomic E-state index is -0.0154. The Morgan fingerprint density at radius 2 is 2.18 bits per heavy atom. The number of rotatable bonds is 5. The maximum absolute atomic E-state index is 6.20. The van der Waals surface area contributed by atoms with Gasteiger partial charge in [-0.2, -0.15) is 11.8 Å². The Labute approximate surface area is 111 Å². The number of aromatic nitrogens is 2. The zero-order valence-electron chi connectivity index (χ0n) is 10.2. The molecule has 0 saturated carbocycles. The van der Waals surface area contributed by atoms with Crippen molar-refractivity contribution in [3.63, 3.8) is 0 Å². The quantitative estimate of drug-likeness (QED) is 0.765. The molecule has 17 heavy (non-hydrogen) atoms. The normalized spacial score (nSPS) is 15.9. The van der Waals surface area contributed by atoms with Gasteiger partial charge in [0.15, 0.2) is 5.82 Å². The van der Waals surface area contributed by atoms with Crippen molar-refractivity contribution in [3.05, 3.63) is 22.2 Å². The summed E-state index contributed by atoms with van der Waals surface area (Å²) in [4.78, 5) is 9.01. The third kappa shape index (κ3) is 2.92. The average Bonchev–Trinajstić information content (AvgIpc) is 2.77. The van der Waals surface area contributed by atoms with Gasteiger partial charge in [0.25, 0.3) is 0 Å². The lowest BCUT2D eigenvalue weighted by atomic mass is 10.2. The second-order valence-corrected chi connectivity index (χ2v) is 5.37. The minimum absolute atomic E-state index is 0.0154. The third-order valence-corrected chi connectivity index (χ3v) is 4.03. The molecule has 0 amide bonds. The second kappa shape index (κ2) is 6.03. The first kappa shape index (κ1) is 13.1. The molecule has 0 saturated heterocycles. The van der Waals surface area contributed by atoms with Crippen LogP contribution in [0.25, 0.3) is 0 Å². The van der Waals surface area contributed by atoms with E-state index in [-0.39, 0.29) is 6.10 Å². The van der Waals surface area contributed by atoms with Crippen molar-refractivity contribution in [2.24, 2.45) is 0 Å². The van der Waals surface area contributed by atoms with Crippen LogP contribution < -0.4 is 0 Å². The molecule has 1 aromatic rings. The van der Waals surface area contributed by atoms with Crippen LogP contribution in [-0.2, 0) is 16.2 Å². The van der Waals surface area contributed by atoms with Crippen LogP contribution in [0, 0.1) is 0 Å². The summed E-state index contributed by atoms with van der Waals surface area (Å²) in [6.45, 7) is 4.81. The summed E-state index contributed by atoms with van der Waals surface area (Å²) in [5.74, 6) is 2.62. The van der Waals surface area contributed by atoms with Crippen LogP contribution >= 0.6 is 23.4 Å². The molecule has 1 aliphatic rings. The van der Waals surface area contributed by atoms with Crippen LogP contribution in [0.15, 0.2) is 0 Å². The van der Waals surface area contributed by atoms with Crippen molar-refractivity contribution in [1.29, 1.82) is 0 Å². The van der Waals surface area contributed by atoms with Gasteiger partial charge in [-0.15, -0.1) is 0 Å². The highest BCUT2D eigenvalue weighted by atomic mass is 35.5. The molecule has 0 N–H and O–H groups in total. The van der Waals surface area contributed by atoms with Crippen molar-refractivity contribution in [3.8, 4) is 0 Å². The first-order chi connectivity index (χ1) is 8.26. The predicted octanol–water partition coefficient (Wildman–Crippen LogP) is 3.75. The zero-order valence-corrected chi connectivity index (χ0v) is 11.8. The van der Waals surface area contributed by atoms with Gasteiger partial charge < -0.3 is 4.74 Å². The summed E-state index contributed by atoms with van der Waals surface area (Å²) in [5.41, 5.74) is 2.19. The summed E-state index contributed by atoms with van der Waals surface area (Å²) in [7, 11) is 0. The maximum atomic E-state index is 6.20. The Bertz CT molecular complexity index is 394. The van der Waals surface area contributed by atoms with Crippen molar-refractivity contribution >= 4 is 23.4 Å². The van der Waals surface area contributed by atoms with Crippen LogP contribution in [0.2, 0.25) is 5.15 Å². The lowest BCUT2D eigenvalue weighted by molar-refractivity contribution is 0.0492. The summed E-state index contributed by atoms with van der Waals surface area (Å²) in [6, 6.07) is 0. The fraction of sp³-hybridized carbons (Fsp3) is 0.667. The molecule has 3 nitrogen and oxygen atoms in total. The van der Waals surface area contributed by atoms with E-state index in [1.165, 1.54) is 0 Å². The highest BCUT2D eigenvalue weighted by Crippen LogP contribution is 2.34. The molecule has 0 fully saturated rings. The Kier molecular flexibility index (Phi) is 4.65. The van der Waals surface area contributed by atoms with E-state index in [1.54, 1.807) is 0 Å². The highest BCUT2D eigenvalue weighted by molar-refractivity contribution is 7.98.